The lowest BCUT2D eigenvalue weighted by Crippen LogP contribution is -2.51. The monoisotopic (exact) mass is 661 g/mol. The zero-order valence-corrected chi connectivity index (χ0v) is 29.3. The van der Waals surface area contributed by atoms with Crippen LogP contribution in [0, 0.1) is 25.7 Å². The summed E-state index contributed by atoms with van der Waals surface area (Å²) in [6.45, 7) is 9.57. The van der Waals surface area contributed by atoms with Crippen molar-refractivity contribution in [3.63, 3.8) is 0 Å². The van der Waals surface area contributed by atoms with E-state index in [-0.39, 0.29) is 17.2 Å². The molecule has 1 unspecified atom stereocenters. The van der Waals surface area contributed by atoms with Crippen molar-refractivity contribution >= 4 is 33.2 Å². The summed E-state index contributed by atoms with van der Waals surface area (Å²) in [6.07, 6.45) is 5.45. The van der Waals surface area contributed by atoms with E-state index < -0.39 is 27.9 Å². The number of aryl methyl sites for hydroxylation is 2. The Kier molecular flexibility index (Phi) is 12.5. The minimum Gasteiger partial charge on any atom is -0.379 e. The van der Waals surface area contributed by atoms with Crippen molar-refractivity contribution in [1.29, 1.82) is 0 Å². The van der Waals surface area contributed by atoms with Crippen LogP contribution in [0.15, 0.2) is 71.6 Å². The first-order valence-corrected chi connectivity index (χ1v) is 18.2. The van der Waals surface area contributed by atoms with Crippen LogP contribution in [0.3, 0.4) is 0 Å². The molecule has 1 aliphatic carbocycles. The molecule has 1 saturated carbocycles. The lowest BCUT2D eigenvalue weighted by atomic mass is 9.82. The molecular weight excluding hydrogens is 611 g/mol. The lowest BCUT2D eigenvalue weighted by molar-refractivity contribution is -0.121. The van der Waals surface area contributed by atoms with Gasteiger partial charge in [0.05, 0.1) is 22.3 Å². The summed E-state index contributed by atoms with van der Waals surface area (Å²) in [5, 5.41) is 4.70. The van der Waals surface area contributed by atoms with Crippen LogP contribution in [-0.4, -0.2) is 44.9 Å². The molecule has 4 rings (SSSR count). The molecule has 4 N–H and O–H groups in total. The topological polar surface area (TPSA) is 125 Å². The first-order valence-electron chi connectivity index (χ1n) is 16.7. The van der Waals surface area contributed by atoms with Crippen LogP contribution in [0.1, 0.15) is 85.8 Å². The van der Waals surface area contributed by atoms with Gasteiger partial charge in [0.15, 0.2) is 0 Å². The van der Waals surface area contributed by atoms with Crippen LogP contribution in [0.25, 0.3) is 0 Å². The third-order valence-electron chi connectivity index (χ3n) is 9.11. The zero-order chi connectivity index (χ0) is 34.1. The third-order valence-corrected chi connectivity index (χ3v) is 10.6. The predicted molar refractivity (Wildman–Crippen MR) is 190 cm³/mol. The molecule has 1 aliphatic rings. The molecule has 3 aromatic carbocycles. The highest BCUT2D eigenvalue weighted by Gasteiger charge is 2.34. The highest BCUT2D eigenvalue weighted by atomic mass is 32.2. The molecule has 0 aliphatic heterocycles. The number of carbonyl (C=O) groups is 2. The van der Waals surface area contributed by atoms with Gasteiger partial charge in [0.1, 0.15) is 0 Å². The van der Waals surface area contributed by atoms with Crippen molar-refractivity contribution in [2.24, 2.45) is 17.7 Å². The molecule has 1 fully saturated rings. The maximum Gasteiger partial charge on any atom is 0.268 e. The van der Waals surface area contributed by atoms with Gasteiger partial charge in [-0.15, -0.1) is 0 Å². The standard InChI is InChI=1S/C37H51N5O4S/c1-26(2)21-22-41(5)33-20-19-31(23-32(33)39-25-29-17-15-27(3)16-18-29)37(44)42(38)34(30-12-7-6-8-13-30)24-36(43)40-47(45,46)35-14-10-9-11-28(35)4/h9-11,14-20,23,26,30,34,39H,6-8,12-13,21-22,24-25,38H2,1-5H3,(H,40,43). The molecule has 9 nitrogen and oxygen atoms in total. The summed E-state index contributed by atoms with van der Waals surface area (Å²) in [6, 6.07) is 19.7. The number of anilines is 2. The van der Waals surface area contributed by atoms with Gasteiger partial charge in [0.2, 0.25) is 5.91 Å². The molecule has 0 heterocycles. The van der Waals surface area contributed by atoms with E-state index in [1.165, 1.54) is 11.6 Å². The van der Waals surface area contributed by atoms with Crippen LogP contribution < -0.4 is 20.8 Å². The molecule has 0 bridgehead atoms. The fraction of sp³-hybridized carbons (Fsp3) is 0.459. The first kappa shape index (κ1) is 36.0. The van der Waals surface area contributed by atoms with E-state index in [1.54, 1.807) is 31.2 Å². The summed E-state index contributed by atoms with van der Waals surface area (Å²) in [7, 11) is -2.03. The quantitative estimate of drug-likeness (QED) is 0.102. The molecule has 3 aromatic rings. The van der Waals surface area contributed by atoms with Crippen molar-refractivity contribution in [1.82, 2.24) is 9.73 Å². The first-order chi connectivity index (χ1) is 22.4. The Morgan fingerprint density at radius 2 is 1.64 bits per heavy atom. The van der Waals surface area contributed by atoms with Gasteiger partial charge in [-0.25, -0.2) is 19.0 Å². The van der Waals surface area contributed by atoms with E-state index in [0.29, 0.717) is 23.6 Å². The summed E-state index contributed by atoms with van der Waals surface area (Å²) in [5.74, 6) is 6.03. The normalized spacial score (nSPS) is 14.4. The molecule has 0 spiro atoms. The van der Waals surface area contributed by atoms with Gasteiger partial charge >= 0.3 is 0 Å². The molecule has 1 atom stereocenters. The van der Waals surface area contributed by atoms with Crippen molar-refractivity contribution < 1.29 is 18.0 Å². The highest BCUT2D eigenvalue weighted by Crippen LogP contribution is 2.32. The number of sulfonamides is 1. The van der Waals surface area contributed by atoms with E-state index in [9.17, 15) is 18.0 Å². The summed E-state index contributed by atoms with van der Waals surface area (Å²) >= 11 is 0. The number of nitrogens with two attached hydrogens (primary N) is 1. The van der Waals surface area contributed by atoms with Crippen molar-refractivity contribution in [2.45, 2.75) is 90.1 Å². The average molecular weight is 662 g/mol. The number of rotatable bonds is 14. The Morgan fingerprint density at radius 1 is 0.957 bits per heavy atom. The highest BCUT2D eigenvalue weighted by molar-refractivity contribution is 7.90. The number of amides is 2. The van der Waals surface area contributed by atoms with Gasteiger partial charge in [-0.05, 0) is 80.3 Å². The minimum atomic E-state index is -4.08. The van der Waals surface area contributed by atoms with Crippen LogP contribution >= 0.6 is 0 Å². The smallest absolute Gasteiger partial charge is 0.268 e. The summed E-state index contributed by atoms with van der Waals surface area (Å²) < 4.78 is 28.4. The fourth-order valence-electron chi connectivity index (χ4n) is 6.22. The molecule has 0 radical (unpaired) electrons. The minimum absolute atomic E-state index is 0.0230. The Hall–Kier alpha value is -3.89. The molecule has 10 heteroatoms. The predicted octanol–water partition coefficient (Wildman–Crippen LogP) is 6.56. The SMILES string of the molecule is Cc1ccc(CNc2cc(C(=O)N(N)C(CC(=O)NS(=O)(=O)c3ccccc3C)C3CCCCC3)ccc2N(C)CCC(C)C)cc1. The van der Waals surface area contributed by atoms with E-state index in [2.05, 4.69) is 60.0 Å². The number of nitrogens with zero attached hydrogens (tertiary/aromatic N) is 2. The number of hydrogen-bond acceptors (Lipinski definition) is 7. The summed E-state index contributed by atoms with van der Waals surface area (Å²) in [5.41, 5.74) is 5.03. The average Bonchev–Trinajstić information content (AvgIpc) is 3.05. The molecule has 0 aromatic heterocycles. The largest absolute Gasteiger partial charge is 0.379 e. The maximum absolute atomic E-state index is 14.0. The van der Waals surface area contributed by atoms with E-state index in [0.717, 1.165) is 67.0 Å². The van der Waals surface area contributed by atoms with E-state index in [4.69, 9.17) is 5.84 Å². The fourth-order valence-corrected chi connectivity index (χ4v) is 7.47. The van der Waals surface area contributed by atoms with Gasteiger partial charge < -0.3 is 10.2 Å². The Balaban J connectivity index is 1.58. The van der Waals surface area contributed by atoms with Gasteiger partial charge in [-0.2, -0.15) is 0 Å². The molecular formula is C37H51N5O4S. The van der Waals surface area contributed by atoms with Gasteiger partial charge in [0.25, 0.3) is 15.9 Å². The molecule has 254 valence electrons. The molecule has 2 amide bonds. The van der Waals surface area contributed by atoms with E-state index in [1.807, 2.05) is 19.2 Å². The molecule has 47 heavy (non-hydrogen) atoms. The lowest BCUT2D eigenvalue weighted by Gasteiger charge is -2.36. The second-order valence-electron chi connectivity index (χ2n) is 13.4. The van der Waals surface area contributed by atoms with E-state index >= 15 is 0 Å². The number of carbonyl (C=O) groups excluding carboxylic acids is 2. The second kappa shape index (κ2) is 16.3. The summed E-state index contributed by atoms with van der Waals surface area (Å²) in [4.78, 5) is 29.6. The maximum atomic E-state index is 14.0. The Labute approximate surface area is 280 Å². The number of benzene rings is 3. The number of nitrogens with one attached hydrogen (secondary N) is 2. The van der Waals surface area contributed by atoms with Crippen LogP contribution in [-0.2, 0) is 21.4 Å². The van der Waals surface area contributed by atoms with Crippen molar-refractivity contribution in [2.75, 3.05) is 23.8 Å². The molecule has 0 saturated heterocycles. The van der Waals surface area contributed by atoms with Crippen molar-refractivity contribution in [3.05, 3.63) is 89.0 Å². The van der Waals surface area contributed by atoms with Gasteiger partial charge in [0, 0.05) is 32.1 Å². The zero-order valence-electron chi connectivity index (χ0n) is 28.5. The van der Waals surface area contributed by atoms with Crippen LogP contribution in [0.4, 0.5) is 11.4 Å². The Morgan fingerprint density at radius 3 is 2.30 bits per heavy atom. The Bertz CT molecular complexity index is 1620. The van der Waals surface area contributed by atoms with Crippen LogP contribution in [0.2, 0.25) is 0 Å². The number of hydrogen-bond donors (Lipinski definition) is 3. The van der Waals surface area contributed by atoms with Crippen LogP contribution in [0.5, 0.6) is 0 Å². The third kappa shape index (κ3) is 9.81. The van der Waals surface area contributed by atoms with Crippen molar-refractivity contribution in [3.8, 4) is 0 Å². The number of hydrazine groups is 1. The van der Waals surface area contributed by atoms with Gasteiger partial charge in [-0.3, -0.25) is 14.6 Å². The second-order valence-corrected chi connectivity index (χ2v) is 15.0. The van der Waals surface area contributed by atoms with Gasteiger partial charge in [-0.1, -0.05) is 81.1 Å².